The number of benzene rings is 3. The van der Waals surface area contributed by atoms with E-state index < -0.39 is 5.97 Å². The molecule has 0 aliphatic heterocycles. The topological polar surface area (TPSA) is 62.3 Å². The number of aromatic nitrogens is 1. The van der Waals surface area contributed by atoms with Gasteiger partial charge in [0.2, 0.25) is 0 Å². The second kappa shape index (κ2) is 6.64. The molecule has 0 bridgehead atoms. The van der Waals surface area contributed by atoms with Gasteiger partial charge in [0.15, 0.2) is 0 Å². The van der Waals surface area contributed by atoms with E-state index in [4.69, 9.17) is 4.74 Å². The van der Waals surface area contributed by atoms with Crippen molar-refractivity contribution in [1.82, 2.24) is 4.98 Å². The maximum Gasteiger partial charge on any atom is 0.338 e. The Hall–Kier alpha value is -2.54. The normalized spacial score (nSPS) is 11.2. The van der Waals surface area contributed by atoms with Crippen LogP contribution < -0.4 is 0 Å². The fourth-order valence-electron chi connectivity index (χ4n) is 3.39. The lowest BCUT2D eigenvalue weighted by Gasteiger charge is -2.07. The number of phenolic OH excluding ortho intramolecular Hbond substituents is 1. The number of rotatable bonds is 3. The Balaban J connectivity index is 1.97. The summed E-state index contributed by atoms with van der Waals surface area (Å²) >= 11 is 2.30. The fourth-order valence-corrected chi connectivity index (χ4v) is 3.99. The average molecular weight is 457 g/mol. The second-order valence-corrected chi connectivity index (χ2v) is 7.39. The molecule has 0 radical (unpaired) electrons. The smallest absolute Gasteiger partial charge is 0.338 e. The monoisotopic (exact) mass is 457 g/mol. The molecule has 26 heavy (non-hydrogen) atoms. The first-order chi connectivity index (χ1) is 12.6. The molecule has 0 aliphatic carbocycles. The van der Waals surface area contributed by atoms with Gasteiger partial charge < -0.3 is 14.8 Å². The molecular weight excluding hydrogens is 441 g/mol. The molecule has 0 spiro atoms. The minimum atomic E-state index is -0.418. The highest BCUT2D eigenvalue weighted by Crippen LogP contribution is 2.37. The number of hydrogen-bond donors (Lipinski definition) is 2. The first-order valence-corrected chi connectivity index (χ1v) is 9.24. The molecule has 0 amide bonds. The number of aromatic hydroxyl groups is 1. The first kappa shape index (κ1) is 16.9. The second-order valence-electron chi connectivity index (χ2n) is 6.15. The van der Waals surface area contributed by atoms with Gasteiger partial charge >= 0.3 is 5.97 Å². The van der Waals surface area contributed by atoms with E-state index in [1.54, 1.807) is 18.2 Å². The zero-order chi connectivity index (χ0) is 18.3. The van der Waals surface area contributed by atoms with Crippen LogP contribution in [0.4, 0.5) is 0 Å². The third-order valence-electron chi connectivity index (χ3n) is 4.53. The molecule has 4 nitrogen and oxygen atoms in total. The van der Waals surface area contributed by atoms with E-state index in [1.807, 2.05) is 18.2 Å². The van der Waals surface area contributed by atoms with Gasteiger partial charge in [-0.2, -0.15) is 0 Å². The van der Waals surface area contributed by atoms with Crippen molar-refractivity contribution in [3.63, 3.8) is 0 Å². The third-order valence-corrected chi connectivity index (χ3v) is 5.20. The van der Waals surface area contributed by atoms with Crippen LogP contribution in [-0.4, -0.2) is 23.2 Å². The van der Waals surface area contributed by atoms with Crippen molar-refractivity contribution in [3.05, 3.63) is 74.9 Å². The van der Waals surface area contributed by atoms with Crippen molar-refractivity contribution >= 4 is 50.4 Å². The van der Waals surface area contributed by atoms with E-state index in [2.05, 4.69) is 45.8 Å². The van der Waals surface area contributed by atoms with Gasteiger partial charge in [-0.3, -0.25) is 0 Å². The predicted octanol–water partition coefficient (Wildman–Crippen LogP) is 5.01. The Morgan fingerprint density at radius 3 is 2.69 bits per heavy atom. The van der Waals surface area contributed by atoms with Gasteiger partial charge in [-0.1, -0.05) is 24.3 Å². The molecule has 130 valence electrons. The molecule has 3 aromatic carbocycles. The highest BCUT2D eigenvalue weighted by atomic mass is 127. The standard InChI is InChI=1S/C21H16INO3/c1-26-21(25)15-6-3-7-16-18(15)19-17(24)9-8-13(20(19)23-16)10-12-4-2-5-14(22)11-12/h2-9,11,23-24H,10H2,1H3. The molecule has 5 heteroatoms. The number of H-pyrrole nitrogens is 1. The van der Waals surface area contributed by atoms with Crippen LogP contribution in [0.1, 0.15) is 21.5 Å². The fraction of sp³-hybridized carbons (Fsp3) is 0.0952. The summed E-state index contributed by atoms with van der Waals surface area (Å²) in [5.41, 5.74) is 4.34. The number of fused-ring (bicyclic) bond motifs is 3. The number of esters is 1. The first-order valence-electron chi connectivity index (χ1n) is 8.16. The number of nitrogens with one attached hydrogen (secondary N) is 1. The lowest BCUT2D eigenvalue weighted by molar-refractivity contribution is 0.0603. The maximum atomic E-state index is 12.2. The summed E-state index contributed by atoms with van der Waals surface area (Å²) in [6, 6.07) is 17.4. The lowest BCUT2D eigenvalue weighted by atomic mass is 10.00. The van der Waals surface area contributed by atoms with Gasteiger partial charge in [-0.15, -0.1) is 0 Å². The van der Waals surface area contributed by atoms with Crippen LogP contribution in [0.5, 0.6) is 5.75 Å². The van der Waals surface area contributed by atoms with Crippen LogP contribution in [-0.2, 0) is 11.2 Å². The molecule has 4 rings (SSSR count). The number of phenols is 1. The van der Waals surface area contributed by atoms with Crippen LogP contribution in [0.25, 0.3) is 21.8 Å². The minimum Gasteiger partial charge on any atom is -0.507 e. The van der Waals surface area contributed by atoms with E-state index in [-0.39, 0.29) is 5.75 Å². The summed E-state index contributed by atoms with van der Waals surface area (Å²) in [5.74, 6) is -0.270. The van der Waals surface area contributed by atoms with Gasteiger partial charge in [0.25, 0.3) is 0 Å². The number of ether oxygens (including phenoxy) is 1. The van der Waals surface area contributed by atoms with Gasteiger partial charge in [-0.05, 0) is 70.5 Å². The van der Waals surface area contributed by atoms with Crippen LogP contribution >= 0.6 is 22.6 Å². The number of carbonyl (C=O) groups excluding carboxylic acids is 1. The Morgan fingerprint density at radius 1 is 1.12 bits per heavy atom. The largest absolute Gasteiger partial charge is 0.507 e. The zero-order valence-corrected chi connectivity index (χ0v) is 16.2. The Labute approximate surface area is 163 Å². The minimum absolute atomic E-state index is 0.147. The van der Waals surface area contributed by atoms with Crippen molar-refractivity contribution in [1.29, 1.82) is 0 Å². The molecule has 0 aliphatic rings. The summed E-state index contributed by atoms with van der Waals surface area (Å²) in [5, 5.41) is 11.8. The zero-order valence-electron chi connectivity index (χ0n) is 14.0. The highest BCUT2D eigenvalue weighted by molar-refractivity contribution is 14.1. The molecule has 0 unspecified atom stereocenters. The molecule has 1 aromatic heterocycles. The van der Waals surface area contributed by atoms with Gasteiger partial charge in [0.05, 0.1) is 23.6 Å². The van der Waals surface area contributed by atoms with Crippen LogP contribution in [0.2, 0.25) is 0 Å². The van der Waals surface area contributed by atoms with Gasteiger partial charge in [0.1, 0.15) is 5.75 Å². The molecule has 4 aromatic rings. The lowest BCUT2D eigenvalue weighted by Crippen LogP contribution is -2.01. The molecular formula is C21H16INO3. The van der Waals surface area contributed by atoms with E-state index >= 15 is 0 Å². The van der Waals surface area contributed by atoms with E-state index in [9.17, 15) is 9.90 Å². The Bertz CT molecular complexity index is 1150. The van der Waals surface area contributed by atoms with Crippen molar-refractivity contribution in [2.75, 3.05) is 7.11 Å². The quantitative estimate of drug-likeness (QED) is 0.336. The number of halogens is 1. The summed E-state index contributed by atoms with van der Waals surface area (Å²) in [4.78, 5) is 15.5. The number of hydrogen-bond acceptors (Lipinski definition) is 3. The summed E-state index contributed by atoms with van der Waals surface area (Å²) in [6.07, 6.45) is 0.730. The van der Waals surface area contributed by atoms with E-state index in [0.717, 1.165) is 23.0 Å². The van der Waals surface area contributed by atoms with E-state index in [0.29, 0.717) is 16.3 Å². The van der Waals surface area contributed by atoms with Crippen molar-refractivity contribution < 1.29 is 14.6 Å². The van der Waals surface area contributed by atoms with Crippen molar-refractivity contribution in [3.8, 4) is 5.75 Å². The average Bonchev–Trinajstić information content (AvgIpc) is 3.04. The number of carbonyl (C=O) groups is 1. The van der Waals surface area contributed by atoms with Crippen LogP contribution in [0, 0.1) is 3.57 Å². The predicted molar refractivity (Wildman–Crippen MR) is 111 cm³/mol. The number of methoxy groups -OCH3 is 1. The molecule has 0 saturated heterocycles. The summed E-state index contributed by atoms with van der Waals surface area (Å²) < 4.78 is 6.09. The molecule has 2 N–H and O–H groups in total. The van der Waals surface area contributed by atoms with E-state index in [1.165, 1.54) is 16.2 Å². The molecule has 0 atom stereocenters. The van der Waals surface area contributed by atoms with Gasteiger partial charge in [-0.25, -0.2) is 4.79 Å². The van der Waals surface area contributed by atoms with Gasteiger partial charge in [0, 0.05) is 14.5 Å². The summed E-state index contributed by atoms with van der Waals surface area (Å²) in [6.45, 7) is 0. The third kappa shape index (κ3) is 2.82. The number of aromatic amines is 1. The summed E-state index contributed by atoms with van der Waals surface area (Å²) in [7, 11) is 1.36. The highest BCUT2D eigenvalue weighted by Gasteiger charge is 2.18. The molecule has 0 saturated carbocycles. The maximum absolute atomic E-state index is 12.2. The SMILES string of the molecule is COC(=O)c1cccc2[nH]c3c(Cc4cccc(I)c4)ccc(O)c3c12. The Morgan fingerprint density at radius 2 is 1.92 bits per heavy atom. The Kier molecular flexibility index (Phi) is 4.32. The molecule has 0 fully saturated rings. The van der Waals surface area contributed by atoms with Crippen LogP contribution in [0.15, 0.2) is 54.6 Å². The molecule has 1 heterocycles. The van der Waals surface area contributed by atoms with Crippen molar-refractivity contribution in [2.24, 2.45) is 0 Å². The van der Waals surface area contributed by atoms with Crippen LogP contribution in [0.3, 0.4) is 0 Å². The van der Waals surface area contributed by atoms with Crippen molar-refractivity contribution in [2.45, 2.75) is 6.42 Å².